The lowest BCUT2D eigenvalue weighted by atomic mass is 9.89. The highest BCUT2D eigenvalue weighted by atomic mass is 16.4. The van der Waals surface area contributed by atoms with Crippen LogP contribution in [0.3, 0.4) is 0 Å². The first-order chi connectivity index (χ1) is 6.21. The van der Waals surface area contributed by atoms with E-state index >= 15 is 0 Å². The van der Waals surface area contributed by atoms with Crippen molar-refractivity contribution in [2.45, 2.75) is 51.0 Å². The standard InChI is InChI=1S/C10H19NO2/c1-2-6-10(9(12)13)7-4-3-5-8-11-10/h11H,2-8H2,1H3,(H,12,13). The van der Waals surface area contributed by atoms with Gasteiger partial charge in [-0.2, -0.15) is 0 Å². The van der Waals surface area contributed by atoms with Crippen molar-refractivity contribution >= 4 is 5.97 Å². The fourth-order valence-electron chi connectivity index (χ4n) is 2.07. The maximum absolute atomic E-state index is 11.2. The summed E-state index contributed by atoms with van der Waals surface area (Å²) in [6.07, 6.45) is 5.78. The molecule has 1 rings (SSSR count). The van der Waals surface area contributed by atoms with Crippen LogP contribution >= 0.6 is 0 Å². The van der Waals surface area contributed by atoms with Gasteiger partial charge in [0.1, 0.15) is 5.54 Å². The van der Waals surface area contributed by atoms with Gasteiger partial charge < -0.3 is 10.4 Å². The van der Waals surface area contributed by atoms with E-state index in [-0.39, 0.29) is 0 Å². The van der Waals surface area contributed by atoms with Crippen LogP contribution in [-0.4, -0.2) is 23.2 Å². The van der Waals surface area contributed by atoms with Crippen LogP contribution in [-0.2, 0) is 4.79 Å². The second kappa shape index (κ2) is 4.61. The van der Waals surface area contributed by atoms with E-state index in [2.05, 4.69) is 5.32 Å². The molecular formula is C10H19NO2. The maximum atomic E-state index is 11.2. The van der Waals surface area contributed by atoms with E-state index in [1.165, 1.54) is 0 Å². The van der Waals surface area contributed by atoms with Gasteiger partial charge in [0.2, 0.25) is 0 Å². The fraction of sp³-hybridized carbons (Fsp3) is 0.900. The first-order valence-electron chi connectivity index (χ1n) is 5.20. The molecular weight excluding hydrogens is 166 g/mol. The third kappa shape index (κ3) is 2.44. The smallest absolute Gasteiger partial charge is 0.323 e. The summed E-state index contributed by atoms with van der Waals surface area (Å²) in [5.41, 5.74) is -0.620. The van der Waals surface area contributed by atoms with E-state index in [0.717, 1.165) is 45.1 Å². The van der Waals surface area contributed by atoms with E-state index in [1.807, 2.05) is 6.92 Å². The van der Waals surface area contributed by atoms with Gasteiger partial charge in [-0.25, -0.2) is 0 Å². The lowest BCUT2D eigenvalue weighted by Gasteiger charge is -2.28. The summed E-state index contributed by atoms with van der Waals surface area (Å²) in [6.45, 7) is 2.89. The van der Waals surface area contributed by atoms with E-state index in [4.69, 9.17) is 0 Å². The van der Waals surface area contributed by atoms with E-state index in [0.29, 0.717) is 0 Å². The van der Waals surface area contributed by atoms with Crippen molar-refractivity contribution in [1.82, 2.24) is 5.32 Å². The minimum absolute atomic E-state index is 0.620. The molecule has 1 unspecified atom stereocenters. The van der Waals surface area contributed by atoms with E-state index < -0.39 is 11.5 Å². The van der Waals surface area contributed by atoms with Crippen LogP contribution in [0.25, 0.3) is 0 Å². The molecule has 1 heterocycles. The highest BCUT2D eigenvalue weighted by Crippen LogP contribution is 2.24. The SMILES string of the molecule is CCCC1(C(=O)O)CCCCCN1. The lowest BCUT2D eigenvalue weighted by Crippen LogP contribution is -2.51. The molecule has 1 atom stereocenters. The summed E-state index contributed by atoms with van der Waals surface area (Å²) in [4.78, 5) is 11.2. The fourth-order valence-corrected chi connectivity index (χ4v) is 2.07. The van der Waals surface area contributed by atoms with Gasteiger partial charge in [-0.15, -0.1) is 0 Å². The Hall–Kier alpha value is -0.570. The second-order valence-electron chi connectivity index (χ2n) is 3.87. The van der Waals surface area contributed by atoms with Crippen molar-refractivity contribution in [3.8, 4) is 0 Å². The van der Waals surface area contributed by atoms with Gasteiger partial charge in [0.25, 0.3) is 0 Å². The molecule has 1 aliphatic rings. The minimum atomic E-state index is -0.670. The number of carbonyl (C=O) groups is 1. The van der Waals surface area contributed by atoms with Gasteiger partial charge in [-0.3, -0.25) is 4.79 Å². The molecule has 0 amide bonds. The van der Waals surface area contributed by atoms with E-state index in [9.17, 15) is 9.90 Å². The molecule has 0 aromatic rings. The Morgan fingerprint density at radius 3 is 2.85 bits per heavy atom. The van der Waals surface area contributed by atoms with Crippen molar-refractivity contribution < 1.29 is 9.90 Å². The Labute approximate surface area is 79.5 Å². The molecule has 2 N–H and O–H groups in total. The Kier molecular flexibility index (Phi) is 3.72. The summed E-state index contributed by atoms with van der Waals surface area (Å²) < 4.78 is 0. The average Bonchev–Trinajstić information content (AvgIpc) is 2.31. The third-order valence-corrected chi connectivity index (χ3v) is 2.83. The Balaban J connectivity index is 2.67. The number of aliphatic carboxylic acids is 1. The van der Waals surface area contributed by atoms with E-state index in [1.54, 1.807) is 0 Å². The third-order valence-electron chi connectivity index (χ3n) is 2.83. The zero-order valence-corrected chi connectivity index (χ0v) is 8.31. The molecule has 0 radical (unpaired) electrons. The topological polar surface area (TPSA) is 49.3 Å². The van der Waals surface area contributed by atoms with Crippen molar-refractivity contribution in [3.05, 3.63) is 0 Å². The summed E-state index contributed by atoms with van der Waals surface area (Å²) in [6, 6.07) is 0. The highest BCUT2D eigenvalue weighted by Gasteiger charge is 2.37. The monoisotopic (exact) mass is 185 g/mol. The van der Waals surface area contributed by atoms with Gasteiger partial charge in [-0.05, 0) is 25.8 Å². The first-order valence-corrected chi connectivity index (χ1v) is 5.20. The number of hydrogen-bond acceptors (Lipinski definition) is 2. The quantitative estimate of drug-likeness (QED) is 0.704. The van der Waals surface area contributed by atoms with Crippen LogP contribution in [0.15, 0.2) is 0 Å². The number of rotatable bonds is 3. The normalized spacial score (nSPS) is 29.6. The van der Waals surface area contributed by atoms with Crippen LogP contribution in [0.5, 0.6) is 0 Å². The Morgan fingerprint density at radius 1 is 1.46 bits per heavy atom. The Bertz CT molecular complexity index is 172. The average molecular weight is 185 g/mol. The zero-order valence-electron chi connectivity index (χ0n) is 8.31. The van der Waals surface area contributed by atoms with Gasteiger partial charge in [-0.1, -0.05) is 26.2 Å². The molecule has 0 aliphatic carbocycles. The molecule has 0 spiro atoms. The van der Waals surface area contributed by atoms with Gasteiger partial charge in [0.15, 0.2) is 0 Å². The highest BCUT2D eigenvalue weighted by molar-refractivity contribution is 5.78. The van der Waals surface area contributed by atoms with Gasteiger partial charge in [0, 0.05) is 0 Å². The lowest BCUT2D eigenvalue weighted by molar-refractivity contribution is -0.145. The van der Waals surface area contributed by atoms with Crippen molar-refractivity contribution in [2.75, 3.05) is 6.54 Å². The number of carboxylic acid groups (broad SMARTS) is 1. The molecule has 13 heavy (non-hydrogen) atoms. The van der Waals surface area contributed by atoms with Crippen LogP contribution in [0.2, 0.25) is 0 Å². The predicted octanol–water partition coefficient (Wildman–Crippen LogP) is 1.77. The van der Waals surface area contributed by atoms with Crippen LogP contribution in [0.4, 0.5) is 0 Å². The molecule has 0 saturated carbocycles. The largest absolute Gasteiger partial charge is 0.480 e. The van der Waals surface area contributed by atoms with Crippen molar-refractivity contribution in [3.63, 3.8) is 0 Å². The molecule has 3 heteroatoms. The number of hydrogen-bond donors (Lipinski definition) is 2. The van der Waals surface area contributed by atoms with Crippen molar-refractivity contribution in [2.24, 2.45) is 0 Å². The molecule has 1 saturated heterocycles. The van der Waals surface area contributed by atoms with Crippen molar-refractivity contribution in [1.29, 1.82) is 0 Å². The van der Waals surface area contributed by atoms with Gasteiger partial charge in [0.05, 0.1) is 0 Å². The molecule has 76 valence electrons. The molecule has 3 nitrogen and oxygen atoms in total. The van der Waals surface area contributed by atoms with Gasteiger partial charge >= 0.3 is 5.97 Å². The molecule has 1 fully saturated rings. The van der Waals surface area contributed by atoms with Crippen LogP contribution < -0.4 is 5.32 Å². The number of carboxylic acids is 1. The Morgan fingerprint density at radius 2 is 2.23 bits per heavy atom. The predicted molar refractivity (Wildman–Crippen MR) is 51.7 cm³/mol. The summed E-state index contributed by atoms with van der Waals surface area (Å²) in [7, 11) is 0. The molecule has 0 aromatic carbocycles. The number of nitrogens with one attached hydrogen (secondary N) is 1. The molecule has 0 bridgehead atoms. The minimum Gasteiger partial charge on any atom is -0.480 e. The molecule has 1 aliphatic heterocycles. The first kappa shape index (κ1) is 10.5. The van der Waals surface area contributed by atoms with Crippen LogP contribution in [0.1, 0.15) is 45.4 Å². The summed E-state index contributed by atoms with van der Waals surface area (Å²) in [5.74, 6) is -0.670. The summed E-state index contributed by atoms with van der Waals surface area (Å²) in [5, 5.41) is 12.4. The summed E-state index contributed by atoms with van der Waals surface area (Å²) >= 11 is 0. The molecule has 0 aromatic heterocycles. The maximum Gasteiger partial charge on any atom is 0.323 e. The zero-order chi connectivity index (χ0) is 9.73. The van der Waals surface area contributed by atoms with Crippen LogP contribution in [0, 0.1) is 0 Å². The second-order valence-corrected chi connectivity index (χ2v) is 3.87.